The van der Waals surface area contributed by atoms with Crippen LogP contribution in [0.5, 0.6) is 0 Å². The average Bonchev–Trinajstić information content (AvgIpc) is 2.99. The Kier molecular flexibility index (Phi) is 3.89. The molecule has 2 heterocycles. The van der Waals surface area contributed by atoms with Gasteiger partial charge < -0.3 is 18.9 Å². The maximum Gasteiger partial charge on any atom is 0.487 e. The first-order valence-corrected chi connectivity index (χ1v) is 8.88. The molecule has 0 aromatic rings. The number of rotatable bonds is 1. The second-order valence-electron chi connectivity index (χ2n) is 9.43. The van der Waals surface area contributed by atoms with Gasteiger partial charge in [0.15, 0.2) is 0 Å². The first-order valence-electron chi connectivity index (χ1n) is 8.88. The molecule has 0 aromatic heterocycles. The summed E-state index contributed by atoms with van der Waals surface area (Å²) >= 11 is 0. The summed E-state index contributed by atoms with van der Waals surface area (Å²) in [5.41, 5.74) is 0.239. The number of carbonyl (C=O) groups is 1. The molecule has 3 aliphatic rings. The third-order valence-corrected chi connectivity index (χ3v) is 5.65. The normalized spacial score (nSPS) is 28.7. The lowest BCUT2D eigenvalue weighted by atomic mass is 9.83. The van der Waals surface area contributed by atoms with E-state index in [2.05, 4.69) is 33.7 Å². The highest BCUT2D eigenvalue weighted by molar-refractivity contribution is 6.51. The first-order chi connectivity index (χ1) is 10.8. The molecular formula is C18H30BNO4. The zero-order valence-corrected chi connectivity index (χ0v) is 16.1. The SMILES string of the molecule is CC(C)(C)OC(=O)N1C/C(=C/B2OC(C)(C)C(C)(C)O2)C2(CC2)C1. The molecule has 3 fully saturated rings. The lowest BCUT2D eigenvalue weighted by molar-refractivity contribution is 0.00578. The Morgan fingerprint density at radius 3 is 2.17 bits per heavy atom. The molecule has 0 bridgehead atoms. The van der Waals surface area contributed by atoms with Crippen molar-refractivity contribution in [3.05, 3.63) is 11.5 Å². The maximum absolute atomic E-state index is 12.4. The summed E-state index contributed by atoms with van der Waals surface area (Å²) < 4.78 is 17.7. The molecule has 5 nitrogen and oxygen atoms in total. The number of amides is 1. The lowest BCUT2D eigenvalue weighted by Crippen LogP contribution is -2.41. The summed E-state index contributed by atoms with van der Waals surface area (Å²) in [5, 5.41) is 0. The highest BCUT2D eigenvalue weighted by Crippen LogP contribution is 2.56. The Morgan fingerprint density at radius 1 is 1.17 bits per heavy atom. The quantitative estimate of drug-likeness (QED) is 0.687. The van der Waals surface area contributed by atoms with Gasteiger partial charge >= 0.3 is 13.2 Å². The topological polar surface area (TPSA) is 48.0 Å². The minimum absolute atomic E-state index is 0.125. The van der Waals surface area contributed by atoms with E-state index >= 15 is 0 Å². The van der Waals surface area contributed by atoms with E-state index in [4.69, 9.17) is 14.0 Å². The minimum Gasteiger partial charge on any atom is -0.444 e. The van der Waals surface area contributed by atoms with Crippen molar-refractivity contribution in [2.45, 2.75) is 78.1 Å². The molecule has 134 valence electrons. The molecule has 0 aromatic carbocycles. The van der Waals surface area contributed by atoms with Crippen LogP contribution >= 0.6 is 0 Å². The smallest absolute Gasteiger partial charge is 0.444 e. The average molecular weight is 335 g/mol. The van der Waals surface area contributed by atoms with Gasteiger partial charge in [0.25, 0.3) is 0 Å². The number of likely N-dealkylation sites (tertiary alicyclic amines) is 1. The Balaban J connectivity index is 1.72. The van der Waals surface area contributed by atoms with E-state index < -0.39 is 5.60 Å². The predicted octanol–water partition coefficient (Wildman–Crippen LogP) is 3.58. The number of nitrogens with zero attached hydrogens (tertiary/aromatic N) is 1. The fourth-order valence-corrected chi connectivity index (χ4v) is 3.33. The minimum atomic E-state index is -0.466. The van der Waals surface area contributed by atoms with Gasteiger partial charge in [-0.3, -0.25) is 0 Å². The Labute approximate surface area is 145 Å². The fraction of sp³-hybridized carbons (Fsp3) is 0.833. The van der Waals surface area contributed by atoms with Gasteiger partial charge in [0.1, 0.15) is 5.60 Å². The van der Waals surface area contributed by atoms with E-state index in [0.717, 1.165) is 19.4 Å². The summed E-state index contributed by atoms with van der Waals surface area (Å²) in [6.07, 6.45) is 2.01. The Bertz CT molecular complexity index is 556. The molecule has 24 heavy (non-hydrogen) atoms. The predicted molar refractivity (Wildman–Crippen MR) is 93.6 cm³/mol. The van der Waals surface area contributed by atoms with E-state index in [1.54, 1.807) is 0 Å². The number of hydrogen-bond donors (Lipinski definition) is 0. The van der Waals surface area contributed by atoms with Gasteiger partial charge in [-0.05, 0) is 61.3 Å². The van der Waals surface area contributed by atoms with Crippen LogP contribution in [0.2, 0.25) is 0 Å². The van der Waals surface area contributed by atoms with Gasteiger partial charge in [-0.25, -0.2) is 4.79 Å². The second-order valence-corrected chi connectivity index (χ2v) is 9.43. The van der Waals surface area contributed by atoms with Gasteiger partial charge in [0.05, 0.1) is 11.2 Å². The van der Waals surface area contributed by atoms with Crippen LogP contribution in [0.15, 0.2) is 11.5 Å². The van der Waals surface area contributed by atoms with Crippen LogP contribution in [0.4, 0.5) is 4.79 Å². The standard InChI is InChI=1S/C18H30BNO4/c1-15(2,3)22-14(21)20-11-13(18(12-20)8-9-18)10-19-23-16(4,5)17(6,7)24-19/h10H,8-9,11-12H2,1-7H3/b13-10-. The Morgan fingerprint density at radius 2 is 1.71 bits per heavy atom. The molecule has 0 unspecified atom stereocenters. The van der Waals surface area contributed by atoms with E-state index in [-0.39, 0.29) is 29.8 Å². The molecule has 0 N–H and O–H groups in total. The van der Waals surface area contributed by atoms with Crippen molar-refractivity contribution in [2.24, 2.45) is 5.41 Å². The van der Waals surface area contributed by atoms with Crippen molar-refractivity contribution < 1.29 is 18.8 Å². The van der Waals surface area contributed by atoms with E-state index in [1.807, 2.05) is 25.7 Å². The van der Waals surface area contributed by atoms with Crippen molar-refractivity contribution in [3.63, 3.8) is 0 Å². The fourth-order valence-electron chi connectivity index (χ4n) is 3.33. The molecular weight excluding hydrogens is 305 g/mol. The van der Waals surface area contributed by atoms with Gasteiger partial charge in [-0.1, -0.05) is 11.5 Å². The maximum atomic E-state index is 12.4. The molecule has 1 amide bonds. The summed E-state index contributed by atoms with van der Waals surface area (Å²) in [4.78, 5) is 14.2. The van der Waals surface area contributed by atoms with Crippen LogP contribution in [0.1, 0.15) is 61.3 Å². The van der Waals surface area contributed by atoms with Crippen LogP contribution in [-0.4, -0.2) is 48.0 Å². The summed E-state index contributed by atoms with van der Waals surface area (Å²) in [6.45, 7) is 15.3. The third kappa shape index (κ3) is 3.23. The van der Waals surface area contributed by atoms with Crippen LogP contribution in [0, 0.1) is 5.41 Å². The molecule has 1 spiro atoms. The first kappa shape index (κ1) is 17.8. The molecule has 1 aliphatic carbocycles. The van der Waals surface area contributed by atoms with E-state index in [0.29, 0.717) is 6.54 Å². The third-order valence-electron chi connectivity index (χ3n) is 5.65. The van der Waals surface area contributed by atoms with E-state index in [1.165, 1.54) is 5.57 Å². The second kappa shape index (κ2) is 5.24. The zero-order valence-electron chi connectivity index (χ0n) is 16.1. The van der Waals surface area contributed by atoms with Crippen molar-refractivity contribution in [2.75, 3.05) is 13.1 Å². The lowest BCUT2D eigenvalue weighted by Gasteiger charge is -2.32. The van der Waals surface area contributed by atoms with Gasteiger partial charge in [0, 0.05) is 18.5 Å². The number of carbonyl (C=O) groups excluding carboxylic acids is 1. The van der Waals surface area contributed by atoms with Crippen LogP contribution in [0.3, 0.4) is 0 Å². The van der Waals surface area contributed by atoms with Gasteiger partial charge in [-0.15, -0.1) is 0 Å². The highest BCUT2D eigenvalue weighted by Gasteiger charge is 2.55. The van der Waals surface area contributed by atoms with Gasteiger partial charge in [-0.2, -0.15) is 0 Å². The van der Waals surface area contributed by atoms with Crippen LogP contribution in [0.25, 0.3) is 0 Å². The van der Waals surface area contributed by atoms with Crippen LogP contribution in [-0.2, 0) is 14.0 Å². The summed E-state index contributed by atoms with van der Waals surface area (Å²) in [6, 6.07) is 0. The zero-order chi connectivity index (χ0) is 18.0. The monoisotopic (exact) mass is 335 g/mol. The summed E-state index contributed by atoms with van der Waals surface area (Å²) in [5.74, 6) is 2.09. The van der Waals surface area contributed by atoms with Gasteiger partial charge in [0.2, 0.25) is 0 Å². The highest BCUT2D eigenvalue weighted by atomic mass is 16.7. The molecule has 6 heteroatoms. The van der Waals surface area contributed by atoms with E-state index in [9.17, 15) is 4.79 Å². The molecule has 2 aliphatic heterocycles. The largest absolute Gasteiger partial charge is 0.487 e. The molecule has 3 rings (SSSR count). The molecule has 2 saturated heterocycles. The molecule has 0 atom stereocenters. The molecule has 0 radical (unpaired) electrons. The molecule has 1 saturated carbocycles. The Hall–Kier alpha value is -1.01. The van der Waals surface area contributed by atoms with Crippen molar-refractivity contribution in [1.82, 2.24) is 4.90 Å². The van der Waals surface area contributed by atoms with Crippen molar-refractivity contribution >= 4 is 13.2 Å². The number of hydrogen-bond acceptors (Lipinski definition) is 4. The summed E-state index contributed by atoms with van der Waals surface area (Å²) in [7, 11) is -0.346. The number of ether oxygens (including phenoxy) is 1. The van der Waals surface area contributed by atoms with Crippen molar-refractivity contribution in [1.29, 1.82) is 0 Å². The van der Waals surface area contributed by atoms with Crippen molar-refractivity contribution in [3.8, 4) is 0 Å². The van der Waals surface area contributed by atoms with Crippen LogP contribution < -0.4 is 0 Å².